The average Bonchev–Trinajstić information content (AvgIpc) is 1.00. The van der Waals surface area contributed by atoms with Gasteiger partial charge < -0.3 is 24.6 Å². The molecule has 0 aromatic heterocycles. The summed E-state index contributed by atoms with van der Waals surface area (Å²) in [5, 5.41) is 0. The number of hydrogen-bond donors (Lipinski definition) is 5. The topological polar surface area (TPSA) is 160 Å². The van der Waals surface area contributed by atoms with Crippen molar-refractivity contribution in [3.8, 4) is 0 Å². The summed E-state index contributed by atoms with van der Waals surface area (Å²) < 4.78 is 6.97. The van der Waals surface area contributed by atoms with Crippen LogP contribution < -0.4 is 24.6 Å². The molecule has 6 heavy (non-hydrogen) atoms. The Kier molecular flexibility index (Phi) is 6820. The van der Waals surface area contributed by atoms with Crippen molar-refractivity contribution in [2.45, 2.75) is 0 Å². The van der Waals surface area contributed by atoms with Gasteiger partial charge in [0.25, 0.3) is 0 Å². The van der Waals surface area contributed by atoms with Gasteiger partial charge in [-0.15, -0.1) is 0 Å². The van der Waals surface area contributed by atoms with Crippen LogP contribution >= 0.6 is 0 Å². The van der Waals surface area contributed by atoms with Crippen LogP contribution in [0.25, 0.3) is 0 Å². The van der Waals surface area contributed by atoms with Crippen molar-refractivity contribution in [2.24, 2.45) is 0 Å². The van der Waals surface area contributed by atoms with Crippen molar-refractivity contribution in [3.05, 3.63) is 0 Å². The number of rotatable bonds is 0. The molecule has 0 atom stereocenters. The Bertz CT molecular complexity index is 7.51. The molecule has 0 aliphatic heterocycles. The van der Waals surface area contributed by atoms with E-state index in [4.69, 9.17) is 3.76 Å². The summed E-state index contributed by atoms with van der Waals surface area (Å²) in [5.41, 5.74) is 0. The summed E-state index contributed by atoms with van der Waals surface area (Å²) in [7, 11) is 0. The van der Waals surface area contributed by atoms with E-state index in [9.17, 15) is 0 Å². The minimum absolute atomic E-state index is 0. The zero-order valence-corrected chi connectivity index (χ0v) is 5.86. The SMILES string of the molecule is N.N.N.N.[OH][Pt]. The van der Waals surface area contributed by atoms with E-state index in [0.717, 1.165) is 20.2 Å². The molecule has 0 radical (unpaired) electrons. The quantitative estimate of drug-likeness (QED) is 0.424. The number of hydrogen-bond acceptors (Lipinski definition) is 5. The Morgan fingerprint density at radius 2 is 0.667 bits per heavy atom. The van der Waals surface area contributed by atoms with Gasteiger partial charge in [0.15, 0.2) is 0 Å². The van der Waals surface area contributed by atoms with Crippen molar-refractivity contribution in [1.29, 1.82) is 0 Å². The third-order valence-corrected chi connectivity index (χ3v) is 0. The molecule has 13 N–H and O–H groups in total. The van der Waals surface area contributed by atoms with Crippen molar-refractivity contribution >= 4 is 0 Å². The predicted molar refractivity (Wildman–Crippen MR) is 22.3 cm³/mol. The van der Waals surface area contributed by atoms with Gasteiger partial charge >= 0.3 is 24.0 Å². The summed E-state index contributed by atoms with van der Waals surface area (Å²) in [4.78, 5) is 0. The molecule has 0 unspecified atom stereocenters. The van der Waals surface area contributed by atoms with Gasteiger partial charge in [-0.1, -0.05) is 0 Å². The Labute approximate surface area is 49.2 Å². The van der Waals surface area contributed by atoms with E-state index in [-0.39, 0.29) is 24.6 Å². The second-order valence-corrected chi connectivity index (χ2v) is 0. The van der Waals surface area contributed by atoms with Crippen LogP contribution in [0.15, 0.2) is 0 Å². The maximum atomic E-state index is 6.97. The van der Waals surface area contributed by atoms with Gasteiger partial charge in [-0.3, -0.25) is 0 Å². The third-order valence-electron chi connectivity index (χ3n) is 0. The normalized spacial score (nSPS) is 1.17. The molecule has 6 heteroatoms. The molecule has 0 bridgehead atoms. The first kappa shape index (κ1) is 88.2. The standard InChI is InChI=1S/4H3N.H2O.Pt/h4*1H3;1H2;/q;;;;;+1/p-1. The first-order chi connectivity index (χ1) is 1.00. The van der Waals surface area contributed by atoms with Gasteiger partial charge in [0.05, 0.1) is 0 Å². The van der Waals surface area contributed by atoms with E-state index in [2.05, 4.69) is 0 Å². The fourth-order valence-corrected chi connectivity index (χ4v) is 0. The Hall–Kier alpha value is 0.488. The first-order valence-electron chi connectivity index (χ1n) is 0.141. The second-order valence-electron chi connectivity index (χ2n) is 0. The van der Waals surface area contributed by atoms with Gasteiger partial charge in [0, 0.05) is 0 Å². The van der Waals surface area contributed by atoms with E-state index in [0.29, 0.717) is 0 Å². The molecule has 0 aromatic carbocycles. The van der Waals surface area contributed by atoms with Crippen molar-refractivity contribution < 1.29 is 24.0 Å². The van der Waals surface area contributed by atoms with Crippen LogP contribution in [0.5, 0.6) is 0 Å². The van der Waals surface area contributed by atoms with Crippen molar-refractivity contribution in [1.82, 2.24) is 24.6 Å². The third kappa shape index (κ3) is 229. The molecule has 0 saturated heterocycles. The average molecular weight is 280 g/mol. The molecule has 0 aliphatic carbocycles. The van der Waals surface area contributed by atoms with Crippen LogP contribution in [0, 0.1) is 0 Å². The van der Waals surface area contributed by atoms with E-state index in [1.54, 1.807) is 0 Å². The summed E-state index contributed by atoms with van der Waals surface area (Å²) in [6.07, 6.45) is 0. The van der Waals surface area contributed by atoms with Crippen molar-refractivity contribution in [2.75, 3.05) is 0 Å². The van der Waals surface area contributed by atoms with Crippen LogP contribution in [-0.2, 0) is 20.2 Å². The van der Waals surface area contributed by atoms with E-state index in [1.807, 2.05) is 0 Å². The Morgan fingerprint density at radius 3 is 0.667 bits per heavy atom. The summed E-state index contributed by atoms with van der Waals surface area (Å²) >= 11 is 1.14. The van der Waals surface area contributed by atoms with Crippen LogP contribution in [-0.4, -0.2) is 3.76 Å². The molecule has 0 fully saturated rings. The molecule has 0 rings (SSSR count). The van der Waals surface area contributed by atoms with Crippen LogP contribution in [0.1, 0.15) is 0 Å². The van der Waals surface area contributed by atoms with Crippen LogP contribution in [0.2, 0.25) is 0 Å². The summed E-state index contributed by atoms with van der Waals surface area (Å²) in [5.74, 6) is 0. The zero-order chi connectivity index (χ0) is 2.00. The minimum atomic E-state index is 0. The molecule has 0 spiro atoms. The summed E-state index contributed by atoms with van der Waals surface area (Å²) in [6, 6.07) is 0. The monoisotopic (exact) mass is 280 g/mol. The zero-order valence-electron chi connectivity index (χ0n) is 3.59. The fraction of sp³-hybridized carbons (Fsp3) is 0. The van der Waals surface area contributed by atoms with Crippen molar-refractivity contribution in [3.63, 3.8) is 0 Å². The Morgan fingerprint density at radius 1 is 0.667 bits per heavy atom. The van der Waals surface area contributed by atoms with Gasteiger partial charge in [0.1, 0.15) is 0 Å². The predicted octanol–water partition coefficient (Wildman–Crippen LogP) is 0.0885. The van der Waals surface area contributed by atoms with E-state index in [1.165, 1.54) is 0 Å². The molecule has 0 amide bonds. The first-order valence-corrected chi connectivity index (χ1v) is 1.16. The fourth-order valence-electron chi connectivity index (χ4n) is 0. The van der Waals surface area contributed by atoms with Crippen LogP contribution in [0.4, 0.5) is 0 Å². The van der Waals surface area contributed by atoms with E-state index >= 15 is 0 Å². The molecular formula is H13N4OPt. The second kappa shape index (κ2) is 464. The molecule has 0 aliphatic rings. The summed E-state index contributed by atoms with van der Waals surface area (Å²) in [6.45, 7) is 0. The Balaban J connectivity index is -0.000000000833. The van der Waals surface area contributed by atoms with Gasteiger partial charge in [-0.25, -0.2) is 0 Å². The van der Waals surface area contributed by atoms with Gasteiger partial charge in [-0.05, 0) is 0 Å². The molecule has 0 aromatic rings. The van der Waals surface area contributed by atoms with Gasteiger partial charge in [0.2, 0.25) is 0 Å². The van der Waals surface area contributed by atoms with E-state index < -0.39 is 0 Å². The maximum absolute atomic E-state index is 6.97. The van der Waals surface area contributed by atoms with Gasteiger partial charge in [-0.2, -0.15) is 0 Å². The molecule has 0 heterocycles. The van der Waals surface area contributed by atoms with Crippen LogP contribution in [0.3, 0.4) is 0 Å². The molecule has 49 valence electrons. The molecule has 0 saturated carbocycles. The molecule has 5 nitrogen and oxygen atoms in total. The molecular weight excluding hydrogens is 267 g/mol.